The third-order valence-electron chi connectivity index (χ3n) is 1.90. The molecule has 0 aliphatic rings. The summed E-state index contributed by atoms with van der Waals surface area (Å²) in [6.07, 6.45) is -0.188. The van der Waals surface area contributed by atoms with E-state index in [0.717, 1.165) is 5.56 Å². The molecular formula is C10H12N2O3. The van der Waals surface area contributed by atoms with E-state index < -0.39 is 18.0 Å². The lowest BCUT2D eigenvalue weighted by atomic mass is 10.0. The third kappa shape index (κ3) is 3.68. The van der Waals surface area contributed by atoms with Crippen LogP contribution in [0.15, 0.2) is 30.3 Å². The van der Waals surface area contributed by atoms with Gasteiger partial charge in [0.05, 0.1) is 12.5 Å². The molecule has 1 unspecified atom stereocenters. The second-order valence-electron chi connectivity index (χ2n) is 3.07. The lowest BCUT2D eigenvalue weighted by Gasteiger charge is -2.15. The highest BCUT2D eigenvalue weighted by Crippen LogP contribution is 2.15. The van der Waals surface area contributed by atoms with Crippen molar-refractivity contribution >= 4 is 12.0 Å². The molecule has 0 aromatic heterocycles. The zero-order chi connectivity index (χ0) is 11.3. The van der Waals surface area contributed by atoms with Crippen molar-refractivity contribution in [3.63, 3.8) is 0 Å². The number of aliphatic carboxylic acids is 1. The zero-order valence-electron chi connectivity index (χ0n) is 8.01. The van der Waals surface area contributed by atoms with Gasteiger partial charge in [0.25, 0.3) is 0 Å². The normalized spacial score (nSPS) is 11.7. The van der Waals surface area contributed by atoms with Crippen molar-refractivity contribution in [1.82, 2.24) is 5.32 Å². The highest BCUT2D eigenvalue weighted by molar-refractivity contribution is 5.74. The zero-order valence-corrected chi connectivity index (χ0v) is 8.01. The first-order valence-corrected chi connectivity index (χ1v) is 4.42. The van der Waals surface area contributed by atoms with Gasteiger partial charge in [0.2, 0.25) is 0 Å². The Morgan fingerprint density at radius 3 is 2.40 bits per heavy atom. The number of hydrogen-bond acceptors (Lipinski definition) is 2. The standard InChI is InChI=1S/C10H12N2O3/c11-10(15)12-8(6-9(13)14)7-4-2-1-3-5-7/h1-5,8H,6H2,(H,13,14)(H3,11,12,15). The summed E-state index contributed by atoms with van der Waals surface area (Å²) >= 11 is 0. The van der Waals surface area contributed by atoms with Gasteiger partial charge in [-0.25, -0.2) is 4.79 Å². The molecule has 1 aromatic rings. The Labute approximate surface area is 86.9 Å². The number of nitrogens with two attached hydrogens (primary N) is 1. The van der Waals surface area contributed by atoms with Gasteiger partial charge in [-0.05, 0) is 5.56 Å². The minimum Gasteiger partial charge on any atom is -0.481 e. The molecule has 1 rings (SSSR count). The number of nitrogens with one attached hydrogen (secondary N) is 1. The molecule has 0 saturated heterocycles. The predicted molar refractivity (Wildman–Crippen MR) is 54.2 cm³/mol. The summed E-state index contributed by atoms with van der Waals surface area (Å²) in [5.41, 5.74) is 5.68. The van der Waals surface area contributed by atoms with Gasteiger partial charge in [-0.1, -0.05) is 30.3 Å². The summed E-state index contributed by atoms with van der Waals surface area (Å²) in [7, 11) is 0. The Morgan fingerprint density at radius 1 is 1.33 bits per heavy atom. The number of urea groups is 1. The minimum absolute atomic E-state index is 0.188. The predicted octanol–water partition coefficient (Wildman–Crippen LogP) is 0.871. The van der Waals surface area contributed by atoms with Gasteiger partial charge >= 0.3 is 12.0 Å². The van der Waals surface area contributed by atoms with Gasteiger partial charge in [0.1, 0.15) is 0 Å². The molecule has 1 aromatic carbocycles. The number of primary amides is 1. The Bertz CT molecular complexity index is 335. The van der Waals surface area contributed by atoms with E-state index in [-0.39, 0.29) is 6.42 Å². The van der Waals surface area contributed by atoms with Crippen LogP contribution in [0, 0.1) is 0 Å². The number of amides is 2. The monoisotopic (exact) mass is 208 g/mol. The van der Waals surface area contributed by atoms with Gasteiger partial charge in [0, 0.05) is 0 Å². The second-order valence-corrected chi connectivity index (χ2v) is 3.07. The van der Waals surface area contributed by atoms with Crippen LogP contribution in [0.1, 0.15) is 18.0 Å². The van der Waals surface area contributed by atoms with Crippen LogP contribution in [-0.4, -0.2) is 17.1 Å². The average molecular weight is 208 g/mol. The molecule has 0 aliphatic heterocycles. The van der Waals surface area contributed by atoms with E-state index >= 15 is 0 Å². The van der Waals surface area contributed by atoms with E-state index in [2.05, 4.69) is 5.32 Å². The van der Waals surface area contributed by atoms with Gasteiger partial charge in [-0.2, -0.15) is 0 Å². The summed E-state index contributed by atoms with van der Waals surface area (Å²) in [6, 6.07) is 7.52. The lowest BCUT2D eigenvalue weighted by molar-refractivity contribution is -0.137. The molecule has 0 heterocycles. The van der Waals surface area contributed by atoms with Crippen molar-refractivity contribution in [2.24, 2.45) is 5.73 Å². The fourth-order valence-electron chi connectivity index (χ4n) is 1.28. The molecule has 0 saturated carbocycles. The Hall–Kier alpha value is -2.04. The fourth-order valence-corrected chi connectivity index (χ4v) is 1.28. The number of carbonyl (C=O) groups is 2. The SMILES string of the molecule is NC(=O)NC(CC(=O)O)c1ccccc1. The summed E-state index contributed by atoms with van der Waals surface area (Å²) in [4.78, 5) is 21.3. The quantitative estimate of drug-likeness (QED) is 0.685. The van der Waals surface area contributed by atoms with Gasteiger partial charge in [0.15, 0.2) is 0 Å². The van der Waals surface area contributed by atoms with Crippen molar-refractivity contribution in [3.05, 3.63) is 35.9 Å². The molecule has 4 N–H and O–H groups in total. The second kappa shape index (κ2) is 4.99. The number of carbonyl (C=O) groups excluding carboxylic acids is 1. The van der Waals surface area contributed by atoms with Crippen LogP contribution in [0.5, 0.6) is 0 Å². The fraction of sp³-hybridized carbons (Fsp3) is 0.200. The molecule has 80 valence electrons. The molecule has 0 fully saturated rings. The maximum atomic E-state index is 10.7. The number of hydrogen-bond donors (Lipinski definition) is 3. The molecule has 5 heteroatoms. The highest BCUT2D eigenvalue weighted by Gasteiger charge is 2.16. The first kappa shape index (κ1) is 11.0. The summed E-state index contributed by atoms with van der Waals surface area (Å²) in [5, 5.41) is 11.1. The smallest absolute Gasteiger partial charge is 0.312 e. The Morgan fingerprint density at radius 2 is 1.93 bits per heavy atom. The number of carboxylic acid groups (broad SMARTS) is 1. The lowest BCUT2D eigenvalue weighted by Crippen LogP contribution is -2.34. The maximum Gasteiger partial charge on any atom is 0.312 e. The molecule has 1 atom stereocenters. The molecule has 0 spiro atoms. The molecule has 0 aliphatic carbocycles. The van der Waals surface area contributed by atoms with Crippen molar-refractivity contribution in [3.8, 4) is 0 Å². The van der Waals surface area contributed by atoms with Crippen molar-refractivity contribution in [2.75, 3.05) is 0 Å². The molecule has 0 bridgehead atoms. The van der Waals surface area contributed by atoms with Crippen molar-refractivity contribution in [1.29, 1.82) is 0 Å². The number of carboxylic acids is 1. The average Bonchev–Trinajstić information content (AvgIpc) is 2.17. The van der Waals surface area contributed by atoms with E-state index in [1.54, 1.807) is 24.3 Å². The van der Waals surface area contributed by atoms with Crippen LogP contribution in [0.2, 0.25) is 0 Å². The summed E-state index contributed by atoms with van der Waals surface area (Å²) in [6.45, 7) is 0. The largest absolute Gasteiger partial charge is 0.481 e. The molecule has 5 nitrogen and oxygen atoms in total. The van der Waals surface area contributed by atoms with Crippen LogP contribution < -0.4 is 11.1 Å². The summed E-state index contributed by atoms with van der Waals surface area (Å²) in [5.74, 6) is -0.988. The first-order chi connectivity index (χ1) is 7.09. The molecular weight excluding hydrogens is 196 g/mol. The van der Waals surface area contributed by atoms with E-state index in [0.29, 0.717) is 0 Å². The van der Waals surface area contributed by atoms with Crippen LogP contribution in [-0.2, 0) is 4.79 Å². The molecule has 2 amide bonds. The summed E-state index contributed by atoms with van der Waals surface area (Å²) < 4.78 is 0. The van der Waals surface area contributed by atoms with E-state index in [4.69, 9.17) is 10.8 Å². The Balaban J connectivity index is 2.81. The maximum absolute atomic E-state index is 10.7. The number of rotatable bonds is 4. The van der Waals surface area contributed by atoms with Gasteiger partial charge in [-0.3, -0.25) is 4.79 Å². The van der Waals surface area contributed by atoms with E-state index in [1.807, 2.05) is 6.07 Å². The van der Waals surface area contributed by atoms with Crippen LogP contribution in [0.4, 0.5) is 4.79 Å². The topological polar surface area (TPSA) is 92.4 Å². The van der Waals surface area contributed by atoms with Gasteiger partial charge in [-0.15, -0.1) is 0 Å². The third-order valence-corrected chi connectivity index (χ3v) is 1.90. The van der Waals surface area contributed by atoms with Crippen LogP contribution in [0.25, 0.3) is 0 Å². The first-order valence-electron chi connectivity index (χ1n) is 4.42. The molecule has 15 heavy (non-hydrogen) atoms. The van der Waals surface area contributed by atoms with Crippen molar-refractivity contribution < 1.29 is 14.7 Å². The van der Waals surface area contributed by atoms with Gasteiger partial charge < -0.3 is 16.2 Å². The Kier molecular flexibility index (Phi) is 3.68. The molecule has 0 radical (unpaired) electrons. The van der Waals surface area contributed by atoms with Crippen LogP contribution in [0.3, 0.4) is 0 Å². The van der Waals surface area contributed by atoms with Crippen LogP contribution >= 0.6 is 0 Å². The van der Waals surface area contributed by atoms with E-state index in [9.17, 15) is 9.59 Å². The minimum atomic E-state index is -0.988. The van der Waals surface area contributed by atoms with Crippen molar-refractivity contribution in [2.45, 2.75) is 12.5 Å². The van der Waals surface area contributed by atoms with E-state index in [1.165, 1.54) is 0 Å². The number of benzene rings is 1. The highest BCUT2D eigenvalue weighted by atomic mass is 16.4.